The Labute approximate surface area is 175 Å². The highest BCUT2D eigenvalue weighted by Gasteiger charge is 2.28. The molecule has 0 bridgehead atoms. The van der Waals surface area contributed by atoms with Crippen LogP contribution in [0.4, 0.5) is 10.5 Å². The van der Waals surface area contributed by atoms with Crippen LogP contribution in [0.25, 0.3) is 17.2 Å². The molecule has 4 rings (SSSR count). The van der Waals surface area contributed by atoms with Gasteiger partial charge in [-0.1, -0.05) is 66.7 Å². The third kappa shape index (κ3) is 3.89. The fourth-order valence-corrected chi connectivity index (χ4v) is 3.79. The van der Waals surface area contributed by atoms with E-state index in [1.54, 1.807) is 30.4 Å². The summed E-state index contributed by atoms with van der Waals surface area (Å²) in [6.07, 6.45) is 3.08. The highest BCUT2D eigenvalue weighted by Crippen LogP contribution is 2.44. The second kappa shape index (κ2) is 8.54. The minimum atomic E-state index is -0.473. The average molecular weight is 395 g/mol. The molecule has 0 fully saturated rings. The number of nitriles is 1. The lowest BCUT2D eigenvalue weighted by atomic mass is 9.98. The number of ether oxygens (including phenoxy) is 1. The first-order valence-electron chi connectivity index (χ1n) is 9.72. The van der Waals surface area contributed by atoms with Crippen molar-refractivity contribution < 1.29 is 9.53 Å². The zero-order valence-corrected chi connectivity index (χ0v) is 16.3. The Morgan fingerprint density at radius 3 is 2.40 bits per heavy atom. The number of nitrogens with two attached hydrogens (primary N) is 1. The van der Waals surface area contributed by atoms with Gasteiger partial charge in [0.2, 0.25) is 0 Å². The van der Waals surface area contributed by atoms with E-state index in [0.717, 1.165) is 5.56 Å². The molecule has 0 aromatic heterocycles. The number of hydrogen-bond donors (Lipinski definition) is 2. The van der Waals surface area contributed by atoms with Crippen LogP contribution in [0, 0.1) is 11.3 Å². The Morgan fingerprint density at radius 2 is 1.73 bits per heavy atom. The van der Waals surface area contributed by atoms with Crippen molar-refractivity contribution in [1.29, 1.82) is 5.26 Å². The molecule has 3 aromatic carbocycles. The van der Waals surface area contributed by atoms with Gasteiger partial charge in [0.1, 0.15) is 6.61 Å². The quantitative estimate of drug-likeness (QED) is 0.613. The molecule has 0 saturated heterocycles. The van der Waals surface area contributed by atoms with Gasteiger partial charge in [-0.05, 0) is 39.9 Å². The molecule has 1 amide bonds. The monoisotopic (exact) mass is 395 g/mol. The molecule has 5 heteroatoms. The molecular weight excluding hydrogens is 374 g/mol. The maximum atomic E-state index is 12.2. The minimum Gasteiger partial charge on any atom is -0.449 e. The average Bonchev–Trinajstić information content (AvgIpc) is 3.10. The number of nitrogens with one attached hydrogen (secondary N) is 1. The van der Waals surface area contributed by atoms with Gasteiger partial charge in [-0.15, -0.1) is 0 Å². The summed E-state index contributed by atoms with van der Waals surface area (Å²) in [5.74, 6) is 0.0339. The van der Waals surface area contributed by atoms with Gasteiger partial charge in [-0.25, -0.2) is 4.79 Å². The van der Waals surface area contributed by atoms with Crippen LogP contribution in [0.1, 0.15) is 28.2 Å². The lowest BCUT2D eigenvalue weighted by molar-refractivity contribution is 0.144. The number of benzene rings is 3. The Hall–Kier alpha value is -4.04. The van der Waals surface area contributed by atoms with Crippen LogP contribution < -0.4 is 11.1 Å². The molecular formula is C25H21N3O2. The number of anilines is 1. The number of carbonyl (C=O) groups excluding carboxylic acids is 1. The molecule has 1 aliphatic carbocycles. The minimum absolute atomic E-state index is 0.0339. The largest absolute Gasteiger partial charge is 0.449 e. The second-order valence-corrected chi connectivity index (χ2v) is 7.07. The van der Waals surface area contributed by atoms with E-state index in [9.17, 15) is 10.1 Å². The molecule has 0 radical (unpaired) electrons. The third-order valence-corrected chi connectivity index (χ3v) is 5.20. The number of carbonyl (C=O) groups is 1. The highest BCUT2D eigenvalue weighted by molar-refractivity contribution is 5.79. The summed E-state index contributed by atoms with van der Waals surface area (Å²) in [5.41, 5.74) is 12.2. The lowest BCUT2D eigenvalue weighted by Crippen LogP contribution is -2.26. The molecule has 0 unspecified atom stereocenters. The first kappa shape index (κ1) is 19.3. The van der Waals surface area contributed by atoms with Gasteiger partial charge >= 0.3 is 6.09 Å². The van der Waals surface area contributed by atoms with Crippen molar-refractivity contribution in [2.24, 2.45) is 0 Å². The number of fused-ring (bicyclic) bond motifs is 3. The van der Waals surface area contributed by atoms with Crippen molar-refractivity contribution in [2.75, 3.05) is 18.9 Å². The molecule has 3 aromatic rings. The third-order valence-electron chi connectivity index (χ3n) is 5.20. The number of amides is 1. The molecule has 5 nitrogen and oxygen atoms in total. The summed E-state index contributed by atoms with van der Waals surface area (Å²) in [5, 5.41) is 11.9. The SMILES string of the molecule is N#Cc1cc(N)ccc1C=CCNC(=O)OCC1c2ccccc2-c2ccccc21. The van der Waals surface area contributed by atoms with Crippen LogP contribution in [-0.2, 0) is 4.74 Å². The van der Waals surface area contributed by atoms with E-state index in [0.29, 0.717) is 17.8 Å². The lowest BCUT2D eigenvalue weighted by Gasteiger charge is -2.14. The van der Waals surface area contributed by atoms with Crippen molar-refractivity contribution in [3.63, 3.8) is 0 Å². The zero-order valence-electron chi connectivity index (χ0n) is 16.3. The Morgan fingerprint density at radius 1 is 1.07 bits per heavy atom. The number of nitrogen functional groups attached to an aromatic ring is 1. The molecule has 0 heterocycles. The van der Waals surface area contributed by atoms with Gasteiger partial charge in [0.15, 0.2) is 0 Å². The molecule has 0 saturated carbocycles. The summed E-state index contributed by atoms with van der Waals surface area (Å²) in [6, 6.07) is 23.7. The van der Waals surface area contributed by atoms with Crippen LogP contribution >= 0.6 is 0 Å². The molecule has 148 valence electrons. The number of hydrogen-bond acceptors (Lipinski definition) is 4. The maximum Gasteiger partial charge on any atom is 0.407 e. The summed E-state index contributed by atoms with van der Waals surface area (Å²) < 4.78 is 5.50. The van der Waals surface area contributed by atoms with E-state index in [2.05, 4.69) is 35.7 Å². The van der Waals surface area contributed by atoms with Gasteiger partial charge < -0.3 is 15.8 Å². The summed E-state index contributed by atoms with van der Waals surface area (Å²) >= 11 is 0. The van der Waals surface area contributed by atoms with Crippen LogP contribution in [0.2, 0.25) is 0 Å². The van der Waals surface area contributed by atoms with Crippen LogP contribution in [0.5, 0.6) is 0 Å². The molecule has 1 aliphatic rings. The molecule has 0 spiro atoms. The summed E-state index contributed by atoms with van der Waals surface area (Å²) in [4.78, 5) is 12.2. The topological polar surface area (TPSA) is 88.1 Å². The predicted octanol–water partition coefficient (Wildman–Crippen LogP) is 4.69. The first-order valence-corrected chi connectivity index (χ1v) is 9.72. The fraction of sp³-hybridized carbons (Fsp3) is 0.120. The predicted molar refractivity (Wildman–Crippen MR) is 118 cm³/mol. The van der Waals surface area contributed by atoms with Crippen molar-refractivity contribution in [3.8, 4) is 17.2 Å². The maximum absolute atomic E-state index is 12.2. The van der Waals surface area contributed by atoms with Crippen LogP contribution in [0.15, 0.2) is 72.8 Å². The molecule has 3 N–H and O–H groups in total. The van der Waals surface area contributed by atoms with E-state index >= 15 is 0 Å². The number of rotatable bonds is 5. The highest BCUT2D eigenvalue weighted by atomic mass is 16.5. The van der Waals surface area contributed by atoms with Crippen molar-refractivity contribution in [3.05, 3.63) is 95.1 Å². The first-order chi connectivity index (χ1) is 14.7. The van der Waals surface area contributed by atoms with E-state index in [1.165, 1.54) is 22.3 Å². The summed E-state index contributed by atoms with van der Waals surface area (Å²) in [6.45, 7) is 0.575. The van der Waals surface area contributed by atoms with Gasteiger partial charge in [-0.2, -0.15) is 5.26 Å². The van der Waals surface area contributed by atoms with E-state index in [4.69, 9.17) is 10.5 Å². The Balaban J connectivity index is 1.34. The standard InChI is InChI=1S/C25H21N3O2/c26-15-18-14-19(27)12-11-17(18)6-5-13-28-25(29)30-16-24-22-9-3-1-7-20(22)21-8-2-4-10-23(21)24/h1-12,14,24H,13,16,27H2,(H,28,29). The summed E-state index contributed by atoms with van der Waals surface area (Å²) in [7, 11) is 0. The van der Waals surface area contributed by atoms with E-state index in [1.807, 2.05) is 24.3 Å². The van der Waals surface area contributed by atoms with E-state index < -0.39 is 6.09 Å². The Bertz CT molecular complexity index is 1120. The van der Waals surface area contributed by atoms with Gasteiger partial charge in [0.25, 0.3) is 0 Å². The van der Waals surface area contributed by atoms with Gasteiger partial charge in [-0.3, -0.25) is 0 Å². The van der Waals surface area contributed by atoms with Gasteiger partial charge in [0.05, 0.1) is 11.6 Å². The van der Waals surface area contributed by atoms with E-state index in [-0.39, 0.29) is 12.5 Å². The molecule has 30 heavy (non-hydrogen) atoms. The molecule has 0 atom stereocenters. The smallest absolute Gasteiger partial charge is 0.407 e. The second-order valence-electron chi connectivity index (χ2n) is 7.07. The normalized spacial score (nSPS) is 12.2. The Kier molecular flexibility index (Phi) is 5.49. The van der Waals surface area contributed by atoms with Crippen LogP contribution in [-0.4, -0.2) is 19.2 Å². The van der Waals surface area contributed by atoms with Crippen LogP contribution in [0.3, 0.4) is 0 Å². The fourth-order valence-electron chi connectivity index (χ4n) is 3.79. The van der Waals surface area contributed by atoms with Crippen molar-refractivity contribution >= 4 is 17.9 Å². The zero-order chi connectivity index (χ0) is 20.9. The number of nitrogens with zero attached hydrogens (tertiary/aromatic N) is 1. The van der Waals surface area contributed by atoms with Crippen molar-refractivity contribution in [1.82, 2.24) is 5.32 Å². The molecule has 0 aliphatic heterocycles. The van der Waals surface area contributed by atoms with Gasteiger partial charge in [0, 0.05) is 18.2 Å². The van der Waals surface area contributed by atoms with Crippen molar-refractivity contribution in [2.45, 2.75) is 5.92 Å². The number of alkyl carbamates (subject to hydrolysis) is 1.